The van der Waals surface area contributed by atoms with Crippen LogP contribution in [0, 0.1) is 11.3 Å². The van der Waals surface area contributed by atoms with E-state index in [-0.39, 0.29) is 31.0 Å². The van der Waals surface area contributed by atoms with Gasteiger partial charge in [-0.1, -0.05) is 44.5 Å². The molecule has 0 aliphatic rings. The Labute approximate surface area is 200 Å². The highest BCUT2D eigenvalue weighted by molar-refractivity contribution is 7.91. The van der Waals surface area contributed by atoms with Gasteiger partial charge in [0.15, 0.2) is 9.84 Å². The second kappa shape index (κ2) is 12.6. The molecule has 1 aromatic carbocycles. The maximum Gasteiger partial charge on any atom is 0.315 e. The number of alkyl halides is 2. The number of carboxylic acid groups (broad SMARTS) is 1. The van der Waals surface area contributed by atoms with Gasteiger partial charge < -0.3 is 14.9 Å². The quantitative estimate of drug-likeness (QED) is 0.349. The van der Waals surface area contributed by atoms with Gasteiger partial charge in [-0.2, -0.15) is 0 Å². The molecule has 2 N–H and O–H groups in total. The summed E-state index contributed by atoms with van der Waals surface area (Å²) >= 11 is 0. The van der Waals surface area contributed by atoms with Crippen LogP contribution in [0.15, 0.2) is 24.3 Å². The van der Waals surface area contributed by atoms with Crippen molar-refractivity contribution in [1.29, 1.82) is 0 Å². The molecule has 0 aromatic heterocycles. The van der Waals surface area contributed by atoms with Crippen molar-refractivity contribution in [2.24, 2.45) is 11.3 Å². The van der Waals surface area contributed by atoms with E-state index in [9.17, 15) is 31.9 Å². The number of ether oxygens (including phenoxy) is 1. The van der Waals surface area contributed by atoms with Crippen LogP contribution in [-0.2, 0) is 36.0 Å². The molecule has 0 aliphatic heterocycles. The standard InChI is InChI=1S/C24H36F2O7S/c1-5-33-21(28)19(20(25)26)15-17-8-6-9-18(14-17)24(4,22(29)30)11-7-10-23(2,3)16-34(31,32)13-12-27/h6,8-9,14,19-20,27H,5,7,10-13,15-16H2,1-4H3,(H,29,30). The maximum absolute atomic E-state index is 13.4. The number of benzene rings is 1. The van der Waals surface area contributed by atoms with Gasteiger partial charge in [0.2, 0.25) is 0 Å². The Balaban J connectivity index is 3.03. The summed E-state index contributed by atoms with van der Waals surface area (Å²) < 4.78 is 55.7. The largest absolute Gasteiger partial charge is 0.481 e. The first kappa shape index (κ1) is 30.0. The topological polar surface area (TPSA) is 118 Å². The predicted octanol–water partition coefficient (Wildman–Crippen LogP) is 3.62. The third kappa shape index (κ3) is 8.94. The molecule has 0 aliphatic carbocycles. The Morgan fingerprint density at radius 3 is 2.32 bits per heavy atom. The number of carbonyl (C=O) groups is 2. The van der Waals surface area contributed by atoms with Crippen LogP contribution in [0.5, 0.6) is 0 Å². The number of hydrogen-bond donors (Lipinski definition) is 2. The fraction of sp³-hybridized carbons (Fsp3) is 0.667. The van der Waals surface area contributed by atoms with E-state index in [0.29, 0.717) is 24.0 Å². The normalized spacial score (nSPS) is 15.1. The zero-order valence-corrected chi connectivity index (χ0v) is 21.0. The zero-order valence-electron chi connectivity index (χ0n) is 20.2. The number of carbonyl (C=O) groups excluding carboxylic acids is 1. The lowest BCUT2D eigenvalue weighted by Gasteiger charge is -2.29. The predicted molar refractivity (Wildman–Crippen MR) is 125 cm³/mol. The molecule has 0 spiro atoms. The first-order valence-corrected chi connectivity index (χ1v) is 13.1. The van der Waals surface area contributed by atoms with E-state index < -0.39 is 51.6 Å². The number of esters is 1. The third-order valence-corrected chi connectivity index (χ3v) is 7.95. The number of aliphatic hydroxyl groups is 1. The number of hydrogen-bond acceptors (Lipinski definition) is 6. The molecule has 2 atom stereocenters. The lowest BCUT2D eigenvalue weighted by Crippen LogP contribution is -2.34. The minimum atomic E-state index is -3.42. The third-order valence-electron chi connectivity index (χ3n) is 5.93. The molecule has 194 valence electrons. The molecule has 0 saturated heterocycles. The number of sulfone groups is 1. The van der Waals surface area contributed by atoms with E-state index in [0.717, 1.165) is 0 Å². The molecule has 10 heteroatoms. The summed E-state index contributed by atoms with van der Waals surface area (Å²) in [6.45, 7) is 6.16. The second-order valence-corrected chi connectivity index (χ2v) is 11.8. The minimum absolute atomic E-state index is 0.0170. The van der Waals surface area contributed by atoms with Gasteiger partial charge in [-0.25, -0.2) is 17.2 Å². The number of rotatable bonds is 15. The van der Waals surface area contributed by atoms with Crippen molar-refractivity contribution in [2.45, 2.75) is 65.2 Å². The average molecular weight is 507 g/mol. The molecule has 0 saturated carbocycles. The maximum atomic E-state index is 13.4. The monoisotopic (exact) mass is 506 g/mol. The van der Waals surface area contributed by atoms with Crippen molar-refractivity contribution in [3.8, 4) is 0 Å². The highest BCUT2D eigenvalue weighted by atomic mass is 32.2. The summed E-state index contributed by atoms with van der Waals surface area (Å²) in [5.41, 5.74) is -1.13. The lowest BCUT2D eigenvalue weighted by molar-refractivity contribution is -0.153. The van der Waals surface area contributed by atoms with Gasteiger partial charge in [-0.15, -0.1) is 0 Å². The summed E-state index contributed by atoms with van der Waals surface area (Å²) in [7, 11) is -3.42. The lowest BCUT2D eigenvalue weighted by atomic mass is 9.75. The Bertz CT molecular complexity index is 931. The van der Waals surface area contributed by atoms with Crippen molar-refractivity contribution >= 4 is 21.8 Å². The number of carboxylic acids is 1. The summed E-state index contributed by atoms with van der Waals surface area (Å²) in [6, 6.07) is 6.27. The number of aliphatic hydroxyl groups excluding tert-OH is 1. The van der Waals surface area contributed by atoms with Crippen LogP contribution in [0.1, 0.15) is 58.1 Å². The van der Waals surface area contributed by atoms with Gasteiger partial charge in [-0.05, 0) is 49.7 Å². The first-order valence-electron chi connectivity index (χ1n) is 11.3. The van der Waals surface area contributed by atoms with E-state index in [4.69, 9.17) is 9.84 Å². The summed E-state index contributed by atoms with van der Waals surface area (Å²) in [6.07, 6.45) is -2.15. The van der Waals surface area contributed by atoms with E-state index >= 15 is 0 Å². The fourth-order valence-corrected chi connectivity index (χ4v) is 5.75. The average Bonchev–Trinajstić information content (AvgIpc) is 2.70. The number of aliphatic carboxylic acids is 1. The van der Waals surface area contributed by atoms with Gasteiger partial charge in [0.05, 0.1) is 30.1 Å². The molecule has 7 nitrogen and oxygen atoms in total. The molecule has 1 rings (SSSR count). The van der Waals surface area contributed by atoms with Crippen molar-refractivity contribution in [1.82, 2.24) is 0 Å². The SMILES string of the molecule is CCOC(=O)C(Cc1cccc(C(C)(CCCC(C)(C)CS(=O)(=O)CCO)C(=O)O)c1)C(F)F. The van der Waals surface area contributed by atoms with E-state index in [1.165, 1.54) is 13.0 Å². The van der Waals surface area contributed by atoms with Gasteiger partial charge in [0.25, 0.3) is 6.43 Å². The van der Waals surface area contributed by atoms with Crippen LogP contribution in [0.3, 0.4) is 0 Å². The van der Waals surface area contributed by atoms with Crippen molar-refractivity contribution in [2.75, 3.05) is 24.7 Å². The molecule has 0 heterocycles. The highest BCUT2D eigenvalue weighted by Gasteiger charge is 2.37. The van der Waals surface area contributed by atoms with Gasteiger partial charge >= 0.3 is 11.9 Å². The fourth-order valence-electron chi connectivity index (χ4n) is 3.99. The smallest absolute Gasteiger partial charge is 0.315 e. The molecule has 1 aromatic rings. The van der Waals surface area contributed by atoms with Crippen LogP contribution in [-0.4, -0.2) is 61.7 Å². The van der Waals surface area contributed by atoms with Crippen molar-refractivity contribution in [3.05, 3.63) is 35.4 Å². The molecule has 0 bridgehead atoms. The second-order valence-electron chi connectivity index (χ2n) is 9.57. The van der Waals surface area contributed by atoms with Crippen LogP contribution >= 0.6 is 0 Å². The van der Waals surface area contributed by atoms with Crippen molar-refractivity contribution in [3.63, 3.8) is 0 Å². The van der Waals surface area contributed by atoms with Crippen LogP contribution in [0.4, 0.5) is 8.78 Å². The molecular formula is C24H36F2O7S. The number of halogens is 2. The summed E-state index contributed by atoms with van der Waals surface area (Å²) in [5.74, 6) is -4.18. The van der Waals surface area contributed by atoms with Crippen LogP contribution in [0.2, 0.25) is 0 Å². The van der Waals surface area contributed by atoms with Crippen LogP contribution in [0.25, 0.3) is 0 Å². The van der Waals surface area contributed by atoms with Gasteiger partial charge in [-0.3, -0.25) is 9.59 Å². The molecule has 0 radical (unpaired) electrons. The highest BCUT2D eigenvalue weighted by Crippen LogP contribution is 2.34. The molecular weight excluding hydrogens is 470 g/mol. The first-order chi connectivity index (χ1) is 15.7. The molecule has 34 heavy (non-hydrogen) atoms. The van der Waals surface area contributed by atoms with Gasteiger partial charge in [0, 0.05) is 0 Å². The Kier molecular flexibility index (Phi) is 11.1. The van der Waals surface area contributed by atoms with E-state index in [1.54, 1.807) is 39.0 Å². The molecule has 0 fully saturated rings. The summed E-state index contributed by atoms with van der Waals surface area (Å²) in [4.78, 5) is 24.1. The van der Waals surface area contributed by atoms with Crippen molar-refractivity contribution < 1.29 is 41.7 Å². The van der Waals surface area contributed by atoms with E-state index in [1.807, 2.05) is 0 Å². The Morgan fingerprint density at radius 1 is 1.15 bits per heavy atom. The Hall–Kier alpha value is -2.07. The van der Waals surface area contributed by atoms with E-state index in [2.05, 4.69) is 0 Å². The Morgan fingerprint density at radius 2 is 1.79 bits per heavy atom. The van der Waals surface area contributed by atoms with Gasteiger partial charge in [0.1, 0.15) is 5.92 Å². The molecule has 0 amide bonds. The zero-order chi connectivity index (χ0) is 26.2. The van der Waals surface area contributed by atoms with Crippen LogP contribution < -0.4 is 0 Å². The molecule has 2 unspecified atom stereocenters. The minimum Gasteiger partial charge on any atom is -0.481 e. The summed E-state index contributed by atoms with van der Waals surface area (Å²) in [5, 5.41) is 18.9.